The molecule has 2 aromatic rings. The van der Waals surface area contributed by atoms with E-state index in [2.05, 4.69) is 4.98 Å². The van der Waals surface area contributed by atoms with E-state index in [0.717, 1.165) is 28.6 Å². The minimum atomic E-state index is 0.515. The van der Waals surface area contributed by atoms with E-state index in [4.69, 9.17) is 27.9 Å². The van der Waals surface area contributed by atoms with Crippen molar-refractivity contribution >= 4 is 34.1 Å². The van der Waals surface area contributed by atoms with Gasteiger partial charge in [-0.15, -0.1) is 11.6 Å². The Morgan fingerprint density at radius 1 is 1.31 bits per heavy atom. The number of ether oxygens (including phenoxy) is 1. The Labute approximate surface area is 104 Å². The van der Waals surface area contributed by atoms with Crippen LogP contribution >= 0.6 is 23.2 Å². The maximum absolute atomic E-state index is 6.07. The Bertz CT molecular complexity index is 514. The summed E-state index contributed by atoms with van der Waals surface area (Å²) in [5.74, 6) is 1.32. The molecule has 16 heavy (non-hydrogen) atoms. The van der Waals surface area contributed by atoms with Gasteiger partial charge in [0.1, 0.15) is 10.9 Å². The van der Waals surface area contributed by atoms with Crippen LogP contribution in [0.2, 0.25) is 5.15 Å². The number of alkyl halides is 1. The van der Waals surface area contributed by atoms with Crippen LogP contribution in [0.25, 0.3) is 10.9 Å². The Morgan fingerprint density at radius 3 is 2.81 bits per heavy atom. The lowest BCUT2D eigenvalue weighted by Gasteiger charge is -2.06. The Kier molecular flexibility index (Phi) is 3.52. The first-order chi connectivity index (χ1) is 7.74. The fraction of sp³-hybridized carbons (Fsp3) is 0.250. The fourth-order valence-electron chi connectivity index (χ4n) is 1.57. The minimum absolute atomic E-state index is 0.515. The average Bonchev–Trinajstić information content (AvgIpc) is 2.30. The van der Waals surface area contributed by atoms with Crippen LogP contribution in [-0.4, -0.2) is 18.0 Å². The first-order valence-electron chi connectivity index (χ1n) is 4.93. The van der Waals surface area contributed by atoms with Crippen LogP contribution in [0.1, 0.15) is 5.56 Å². The van der Waals surface area contributed by atoms with Crippen molar-refractivity contribution in [1.29, 1.82) is 0 Å². The van der Waals surface area contributed by atoms with Gasteiger partial charge in [0.05, 0.1) is 12.6 Å². The molecule has 1 aromatic carbocycles. The summed E-state index contributed by atoms with van der Waals surface area (Å²) in [7, 11) is 1.63. The molecule has 0 saturated carbocycles. The summed E-state index contributed by atoms with van der Waals surface area (Å²) in [5, 5.41) is 1.56. The Balaban J connectivity index is 2.55. The number of nitrogens with zero attached hydrogens (tertiary/aromatic N) is 1. The molecule has 2 rings (SSSR count). The summed E-state index contributed by atoms with van der Waals surface area (Å²) in [6.45, 7) is 0. The number of rotatable bonds is 3. The summed E-state index contributed by atoms with van der Waals surface area (Å²) in [6, 6.07) is 7.76. The lowest BCUT2D eigenvalue weighted by atomic mass is 10.1. The summed E-state index contributed by atoms with van der Waals surface area (Å²) in [5.41, 5.74) is 1.82. The van der Waals surface area contributed by atoms with Crippen molar-refractivity contribution < 1.29 is 4.74 Å². The molecule has 0 spiro atoms. The highest BCUT2D eigenvalue weighted by atomic mass is 35.5. The van der Waals surface area contributed by atoms with Crippen molar-refractivity contribution in [3.05, 3.63) is 35.0 Å². The number of pyridine rings is 1. The molecule has 84 valence electrons. The molecule has 4 heteroatoms. The maximum Gasteiger partial charge on any atom is 0.133 e. The predicted molar refractivity (Wildman–Crippen MR) is 67.7 cm³/mol. The highest BCUT2D eigenvalue weighted by molar-refractivity contribution is 6.30. The van der Waals surface area contributed by atoms with Crippen molar-refractivity contribution in [3.63, 3.8) is 0 Å². The molecule has 0 atom stereocenters. The number of benzene rings is 1. The van der Waals surface area contributed by atoms with Crippen molar-refractivity contribution in [2.75, 3.05) is 13.0 Å². The number of methoxy groups -OCH3 is 1. The molecule has 0 bridgehead atoms. The molecule has 0 aliphatic rings. The number of halogens is 2. The van der Waals surface area contributed by atoms with Crippen molar-refractivity contribution in [1.82, 2.24) is 4.98 Å². The maximum atomic E-state index is 6.07. The largest absolute Gasteiger partial charge is 0.497 e. The van der Waals surface area contributed by atoms with Gasteiger partial charge >= 0.3 is 0 Å². The van der Waals surface area contributed by atoms with E-state index in [1.54, 1.807) is 7.11 Å². The van der Waals surface area contributed by atoms with Gasteiger partial charge in [-0.1, -0.05) is 11.6 Å². The van der Waals surface area contributed by atoms with E-state index in [9.17, 15) is 0 Å². The smallest absolute Gasteiger partial charge is 0.133 e. The quantitative estimate of drug-likeness (QED) is 0.617. The molecule has 0 aliphatic heterocycles. The Hall–Kier alpha value is -0.990. The summed E-state index contributed by atoms with van der Waals surface area (Å²) >= 11 is 11.8. The normalized spacial score (nSPS) is 10.7. The summed E-state index contributed by atoms with van der Waals surface area (Å²) in [4.78, 5) is 4.33. The van der Waals surface area contributed by atoms with Crippen molar-refractivity contribution in [2.24, 2.45) is 0 Å². The van der Waals surface area contributed by atoms with Gasteiger partial charge in [0.25, 0.3) is 0 Å². The number of aromatic nitrogens is 1. The monoisotopic (exact) mass is 255 g/mol. The van der Waals surface area contributed by atoms with E-state index >= 15 is 0 Å². The molecule has 0 amide bonds. The van der Waals surface area contributed by atoms with Crippen LogP contribution < -0.4 is 4.74 Å². The molecular weight excluding hydrogens is 245 g/mol. The zero-order valence-electron chi connectivity index (χ0n) is 8.84. The van der Waals surface area contributed by atoms with E-state index in [1.165, 1.54) is 0 Å². The van der Waals surface area contributed by atoms with E-state index in [0.29, 0.717) is 11.0 Å². The SMILES string of the molecule is COc1ccc2cc(CCCl)c(Cl)nc2c1. The van der Waals surface area contributed by atoms with Gasteiger partial charge in [-0.3, -0.25) is 0 Å². The van der Waals surface area contributed by atoms with Crippen LogP contribution in [-0.2, 0) is 6.42 Å². The molecule has 0 N–H and O–H groups in total. The molecule has 0 radical (unpaired) electrons. The topological polar surface area (TPSA) is 22.1 Å². The molecule has 0 saturated heterocycles. The van der Waals surface area contributed by atoms with Gasteiger partial charge in [0.2, 0.25) is 0 Å². The average molecular weight is 256 g/mol. The van der Waals surface area contributed by atoms with Crippen LogP contribution in [0.5, 0.6) is 5.75 Å². The third kappa shape index (κ3) is 2.23. The van der Waals surface area contributed by atoms with Gasteiger partial charge in [-0.2, -0.15) is 0 Å². The third-order valence-corrected chi connectivity index (χ3v) is 2.93. The second-order valence-electron chi connectivity index (χ2n) is 3.44. The van der Waals surface area contributed by atoms with Gasteiger partial charge in [0.15, 0.2) is 0 Å². The second kappa shape index (κ2) is 4.89. The molecule has 0 aliphatic carbocycles. The van der Waals surface area contributed by atoms with E-state index < -0.39 is 0 Å². The summed E-state index contributed by atoms with van der Waals surface area (Å²) < 4.78 is 5.14. The molecule has 1 heterocycles. The van der Waals surface area contributed by atoms with E-state index in [-0.39, 0.29) is 0 Å². The number of hydrogen-bond acceptors (Lipinski definition) is 2. The lowest BCUT2D eigenvalue weighted by molar-refractivity contribution is 0.415. The van der Waals surface area contributed by atoms with Crippen LogP contribution in [0.15, 0.2) is 24.3 Å². The number of hydrogen-bond donors (Lipinski definition) is 0. The Morgan fingerprint density at radius 2 is 2.12 bits per heavy atom. The van der Waals surface area contributed by atoms with Gasteiger partial charge < -0.3 is 4.74 Å². The predicted octanol–water partition coefficient (Wildman–Crippen LogP) is 3.68. The first kappa shape index (κ1) is 11.5. The van der Waals surface area contributed by atoms with Crippen LogP contribution in [0.3, 0.4) is 0 Å². The molecule has 1 aromatic heterocycles. The van der Waals surface area contributed by atoms with Crippen LogP contribution in [0.4, 0.5) is 0 Å². The van der Waals surface area contributed by atoms with Crippen molar-refractivity contribution in [3.8, 4) is 5.75 Å². The molecular formula is C12H11Cl2NO. The van der Waals surface area contributed by atoms with Crippen molar-refractivity contribution in [2.45, 2.75) is 6.42 Å². The first-order valence-corrected chi connectivity index (χ1v) is 5.85. The molecule has 2 nitrogen and oxygen atoms in total. The molecule has 0 fully saturated rings. The third-order valence-electron chi connectivity index (χ3n) is 2.41. The number of fused-ring (bicyclic) bond motifs is 1. The zero-order valence-corrected chi connectivity index (χ0v) is 10.3. The fourth-order valence-corrected chi connectivity index (χ4v) is 2.01. The lowest BCUT2D eigenvalue weighted by Crippen LogP contribution is -1.92. The van der Waals surface area contributed by atoms with Gasteiger partial charge in [-0.25, -0.2) is 4.98 Å². The summed E-state index contributed by atoms with van der Waals surface area (Å²) in [6.07, 6.45) is 0.732. The standard InChI is InChI=1S/C12H11Cl2NO/c1-16-10-3-2-8-6-9(4-5-13)12(14)15-11(8)7-10/h2-3,6-7H,4-5H2,1H3. The second-order valence-corrected chi connectivity index (χ2v) is 4.17. The number of aryl methyl sites for hydroxylation is 1. The van der Waals surface area contributed by atoms with Gasteiger partial charge in [-0.05, 0) is 30.2 Å². The van der Waals surface area contributed by atoms with Gasteiger partial charge in [0, 0.05) is 17.3 Å². The molecule has 0 unspecified atom stereocenters. The van der Waals surface area contributed by atoms with E-state index in [1.807, 2.05) is 24.3 Å². The zero-order chi connectivity index (χ0) is 11.5. The highest BCUT2D eigenvalue weighted by Gasteiger charge is 2.05. The van der Waals surface area contributed by atoms with Crippen LogP contribution in [0, 0.1) is 0 Å². The minimum Gasteiger partial charge on any atom is -0.497 e. The highest BCUT2D eigenvalue weighted by Crippen LogP contribution is 2.24.